The lowest BCUT2D eigenvalue weighted by Crippen LogP contribution is -2.32. The molecule has 1 aromatic rings. The third-order valence-corrected chi connectivity index (χ3v) is 3.28. The lowest BCUT2D eigenvalue weighted by molar-refractivity contribution is 0.125. The third kappa shape index (κ3) is 4.71. The number of ether oxygens (including phenoxy) is 1. The first-order valence-corrected chi connectivity index (χ1v) is 6.80. The predicted molar refractivity (Wildman–Crippen MR) is 65.8 cm³/mol. The Bertz CT molecular complexity index is 463. The van der Waals surface area contributed by atoms with E-state index in [0.717, 1.165) is 5.56 Å². The standard InChI is InChI=1S/C7H8O3S.C4H9NO2/c1-6-2-4-7(5-3-6)11(8,9)10;5-3-1-7-2-4(3)6/h2-5H,1H3,(H,8,9,10);3-4,6H,1-2,5H2/t;3-,4+/m.1/s1. The summed E-state index contributed by atoms with van der Waals surface area (Å²) in [6.45, 7) is 2.75. The third-order valence-electron chi connectivity index (χ3n) is 2.41. The summed E-state index contributed by atoms with van der Waals surface area (Å²) in [6, 6.07) is 5.83. The smallest absolute Gasteiger partial charge is 0.294 e. The van der Waals surface area contributed by atoms with Crippen LogP contribution in [0.5, 0.6) is 0 Å². The number of aliphatic hydroxyl groups is 1. The molecule has 7 heteroatoms. The van der Waals surface area contributed by atoms with Gasteiger partial charge in [-0.3, -0.25) is 4.55 Å². The molecular weight excluding hydrogens is 258 g/mol. The number of nitrogens with two attached hydrogens (primary N) is 1. The van der Waals surface area contributed by atoms with Crippen molar-refractivity contribution in [2.24, 2.45) is 5.73 Å². The second-order valence-electron chi connectivity index (χ2n) is 4.06. The number of aryl methyl sites for hydroxylation is 1. The number of benzene rings is 1. The summed E-state index contributed by atoms with van der Waals surface area (Å²) in [5.74, 6) is 0. The maximum atomic E-state index is 10.5. The van der Waals surface area contributed by atoms with E-state index in [2.05, 4.69) is 0 Å². The van der Waals surface area contributed by atoms with Gasteiger partial charge in [0.2, 0.25) is 0 Å². The number of rotatable bonds is 1. The highest BCUT2D eigenvalue weighted by atomic mass is 32.2. The van der Waals surface area contributed by atoms with Crippen molar-refractivity contribution in [1.82, 2.24) is 0 Å². The van der Waals surface area contributed by atoms with Crippen LogP contribution in [0.25, 0.3) is 0 Å². The van der Waals surface area contributed by atoms with Crippen molar-refractivity contribution in [1.29, 1.82) is 0 Å². The van der Waals surface area contributed by atoms with Crippen LogP contribution in [0.1, 0.15) is 5.56 Å². The van der Waals surface area contributed by atoms with E-state index >= 15 is 0 Å². The monoisotopic (exact) mass is 275 g/mol. The molecule has 2 atom stereocenters. The highest BCUT2D eigenvalue weighted by molar-refractivity contribution is 7.85. The SMILES string of the molecule is Cc1ccc(S(=O)(=O)O)cc1.N[C@@H]1COC[C@@H]1O. The van der Waals surface area contributed by atoms with Crippen molar-refractivity contribution in [2.75, 3.05) is 13.2 Å². The van der Waals surface area contributed by atoms with E-state index in [9.17, 15) is 8.42 Å². The second-order valence-corrected chi connectivity index (χ2v) is 5.48. The molecule has 1 aromatic carbocycles. The average Bonchev–Trinajstić information content (AvgIpc) is 2.63. The molecule has 0 amide bonds. The lowest BCUT2D eigenvalue weighted by Gasteiger charge is -2.01. The van der Waals surface area contributed by atoms with Crippen LogP contribution in [0.2, 0.25) is 0 Å². The first kappa shape index (κ1) is 15.1. The van der Waals surface area contributed by atoms with Gasteiger partial charge in [0.1, 0.15) is 0 Å². The first-order valence-electron chi connectivity index (χ1n) is 5.36. The van der Waals surface area contributed by atoms with Gasteiger partial charge in [0.05, 0.1) is 30.3 Å². The van der Waals surface area contributed by atoms with Crippen molar-refractivity contribution >= 4 is 10.1 Å². The molecule has 0 aromatic heterocycles. The zero-order chi connectivity index (χ0) is 13.8. The van der Waals surface area contributed by atoms with Crippen molar-refractivity contribution in [3.63, 3.8) is 0 Å². The minimum absolute atomic E-state index is 0.0666. The Balaban J connectivity index is 0.000000199. The van der Waals surface area contributed by atoms with Crippen LogP contribution in [-0.2, 0) is 14.9 Å². The molecule has 6 nitrogen and oxygen atoms in total. The van der Waals surface area contributed by atoms with Gasteiger partial charge in [0.25, 0.3) is 10.1 Å². The lowest BCUT2D eigenvalue weighted by atomic mass is 10.2. The molecule has 18 heavy (non-hydrogen) atoms. The maximum absolute atomic E-state index is 10.5. The van der Waals surface area contributed by atoms with E-state index in [0.29, 0.717) is 13.2 Å². The van der Waals surface area contributed by atoms with Crippen molar-refractivity contribution in [3.05, 3.63) is 29.8 Å². The molecule has 0 aliphatic carbocycles. The van der Waals surface area contributed by atoms with Crippen LogP contribution in [0.15, 0.2) is 29.2 Å². The zero-order valence-electron chi connectivity index (χ0n) is 9.98. The second kappa shape index (κ2) is 6.26. The quantitative estimate of drug-likeness (QED) is 0.620. The molecule has 1 fully saturated rings. The minimum Gasteiger partial charge on any atom is -0.389 e. The van der Waals surface area contributed by atoms with Gasteiger partial charge in [-0.25, -0.2) is 0 Å². The van der Waals surface area contributed by atoms with Gasteiger partial charge in [-0.2, -0.15) is 8.42 Å². The summed E-state index contributed by atoms with van der Waals surface area (Å²) in [5.41, 5.74) is 6.26. The number of hydrogen-bond acceptors (Lipinski definition) is 5. The Kier molecular flexibility index (Phi) is 5.24. The summed E-state index contributed by atoms with van der Waals surface area (Å²) in [5, 5.41) is 8.75. The molecule has 1 saturated heterocycles. The summed E-state index contributed by atoms with van der Waals surface area (Å²) < 4.78 is 34.3. The van der Waals surface area contributed by atoms with Crippen molar-refractivity contribution in [2.45, 2.75) is 24.0 Å². The Morgan fingerprint density at radius 1 is 1.28 bits per heavy atom. The summed E-state index contributed by atoms with van der Waals surface area (Å²) in [6.07, 6.45) is -0.431. The highest BCUT2D eigenvalue weighted by Crippen LogP contribution is 2.08. The van der Waals surface area contributed by atoms with Crippen LogP contribution in [0.3, 0.4) is 0 Å². The topological polar surface area (TPSA) is 110 Å². The van der Waals surface area contributed by atoms with E-state index in [1.807, 2.05) is 6.92 Å². The van der Waals surface area contributed by atoms with E-state index in [1.54, 1.807) is 12.1 Å². The van der Waals surface area contributed by atoms with Gasteiger partial charge >= 0.3 is 0 Å². The zero-order valence-corrected chi connectivity index (χ0v) is 10.8. The Hall–Kier alpha value is -0.990. The molecule has 1 heterocycles. The number of hydrogen-bond donors (Lipinski definition) is 3. The maximum Gasteiger partial charge on any atom is 0.294 e. The van der Waals surface area contributed by atoms with Crippen molar-refractivity contribution in [3.8, 4) is 0 Å². The van der Waals surface area contributed by atoms with Gasteiger partial charge < -0.3 is 15.6 Å². The van der Waals surface area contributed by atoms with Crippen LogP contribution in [-0.4, -0.2) is 43.4 Å². The molecule has 0 spiro atoms. The highest BCUT2D eigenvalue weighted by Gasteiger charge is 2.21. The fourth-order valence-electron chi connectivity index (χ4n) is 1.27. The molecular formula is C11H17NO5S. The summed E-state index contributed by atoms with van der Waals surface area (Å²) in [4.78, 5) is -0.0666. The molecule has 2 rings (SSSR count). The Morgan fingerprint density at radius 2 is 1.83 bits per heavy atom. The number of aliphatic hydroxyl groups excluding tert-OH is 1. The van der Waals surface area contributed by atoms with Gasteiger partial charge in [-0.15, -0.1) is 0 Å². The summed E-state index contributed by atoms with van der Waals surface area (Å²) in [7, 11) is -4.02. The van der Waals surface area contributed by atoms with Crippen molar-refractivity contribution < 1.29 is 22.8 Å². The largest absolute Gasteiger partial charge is 0.389 e. The van der Waals surface area contributed by atoms with E-state index in [1.165, 1.54) is 12.1 Å². The van der Waals surface area contributed by atoms with E-state index in [-0.39, 0.29) is 10.9 Å². The average molecular weight is 275 g/mol. The van der Waals surface area contributed by atoms with Gasteiger partial charge in [-0.05, 0) is 19.1 Å². The molecule has 0 bridgehead atoms. The van der Waals surface area contributed by atoms with Gasteiger partial charge in [0, 0.05) is 0 Å². The van der Waals surface area contributed by atoms with Gasteiger partial charge in [0.15, 0.2) is 0 Å². The molecule has 102 valence electrons. The summed E-state index contributed by atoms with van der Waals surface area (Å²) >= 11 is 0. The fraction of sp³-hybridized carbons (Fsp3) is 0.455. The molecule has 1 aliphatic rings. The molecule has 0 saturated carbocycles. The molecule has 4 N–H and O–H groups in total. The minimum atomic E-state index is -4.02. The van der Waals surface area contributed by atoms with Crippen LogP contribution >= 0.6 is 0 Å². The Morgan fingerprint density at radius 3 is 2.11 bits per heavy atom. The fourth-order valence-corrected chi connectivity index (χ4v) is 1.75. The predicted octanol–water partition coefficient (Wildman–Crippen LogP) is -0.0535. The molecule has 0 unspecified atom stereocenters. The van der Waals surface area contributed by atoms with E-state index < -0.39 is 16.2 Å². The van der Waals surface area contributed by atoms with Crippen LogP contribution in [0, 0.1) is 6.92 Å². The van der Waals surface area contributed by atoms with Crippen LogP contribution in [0.4, 0.5) is 0 Å². The Labute approximate surface area is 106 Å². The van der Waals surface area contributed by atoms with Crippen LogP contribution < -0.4 is 5.73 Å². The van der Waals surface area contributed by atoms with Gasteiger partial charge in [-0.1, -0.05) is 17.7 Å². The normalized spacial score (nSPS) is 23.3. The first-order chi connectivity index (χ1) is 8.30. The molecule has 1 aliphatic heterocycles. The molecule has 0 radical (unpaired) electrons. The van der Waals surface area contributed by atoms with E-state index in [4.69, 9.17) is 20.1 Å².